The van der Waals surface area contributed by atoms with Crippen molar-refractivity contribution in [2.24, 2.45) is 7.05 Å². The van der Waals surface area contributed by atoms with E-state index in [0.717, 1.165) is 10.0 Å². The van der Waals surface area contributed by atoms with Gasteiger partial charge in [-0.3, -0.25) is 9.48 Å². The fourth-order valence-corrected chi connectivity index (χ4v) is 2.05. The number of nitrogens with two attached hydrogens (primary N) is 1. The van der Waals surface area contributed by atoms with Gasteiger partial charge < -0.3 is 11.1 Å². The van der Waals surface area contributed by atoms with Crippen LogP contribution in [-0.4, -0.2) is 15.7 Å². The van der Waals surface area contributed by atoms with Crippen LogP contribution < -0.4 is 11.1 Å². The summed E-state index contributed by atoms with van der Waals surface area (Å²) in [5.41, 5.74) is 8.02. The summed E-state index contributed by atoms with van der Waals surface area (Å²) in [5, 5.41) is 6.94. The van der Waals surface area contributed by atoms with Crippen molar-refractivity contribution >= 4 is 33.3 Å². The summed E-state index contributed by atoms with van der Waals surface area (Å²) in [6.07, 6.45) is 0.303. The number of nitrogens with one attached hydrogen (secondary N) is 1. The van der Waals surface area contributed by atoms with E-state index in [1.807, 2.05) is 24.3 Å². The Bertz CT molecular complexity index is 604. The van der Waals surface area contributed by atoms with Crippen LogP contribution in [0, 0.1) is 6.92 Å². The summed E-state index contributed by atoms with van der Waals surface area (Å²) >= 11 is 3.36. The fourth-order valence-electron chi connectivity index (χ4n) is 1.79. The zero-order valence-electron chi connectivity index (χ0n) is 10.8. The van der Waals surface area contributed by atoms with E-state index in [1.54, 1.807) is 18.7 Å². The van der Waals surface area contributed by atoms with Crippen LogP contribution in [0.3, 0.4) is 0 Å². The van der Waals surface area contributed by atoms with Crippen LogP contribution in [0.4, 0.5) is 11.5 Å². The maximum absolute atomic E-state index is 12.0. The first-order valence-corrected chi connectivity index (χ1v) is 6.60. The number of nitrogen functional groups attached to an aromatic ring is 1. The van der Waals surface area contributed by atoms with E-state index in [4.69, 9.17) is 5.73 Å². The second-order valence-electron chi connectivity index (χ2n) is 4.32. The summed E-state index contributed by atoms with van der Waals surface area (Å²) in [6.45, 7) is 1.81. The number of aryl methyl sites for hydroxylation is 2. The molecule has 2 rings (SSSR count). The van der Waals surface area contributed by atoms with Gasteiger partial charge in [0.05, 0.1) is 17.8 Å². The summed E-state index contributed by atoms with van der Waals surface area (Å²) in [5.74, 6) is 0.427. The Kier molecular flexibility index (Phi) is 3.90. The highest BCUT2D eigenvalue weighted by atomic mass is 79.9. The molecule has 2 aromatic rings. The minimum Gasteiger partial charge on any atom is -0.394 e. The van der Waals surface area contributed by atoms with Gasteiger partial charge in [-0.05, 0) is 24.6 Å². The molecule has 0 atom stereocenters. The quantitative estimate of drug-likeness (QED) is 0.910. The number of carbonyl (C=O) groups excluding carboxylic acids is 1. The lowest BCUT2D eigenvalue weighted by molar-refractivity contribution is -0.115. The number of hydrogen-bond donors (Lipinski definition) is 2. The first-order chi connectivity index (χ1) is 8.97. The maximum atomic E-state index is 12.0. The number of benzene rings is 1. The Morgan fingerprint density at radius 2 is 2.05 bits per heavy atom. The molecule has 0 radical (unpaired) electrons. The lowest BCUT2D eigenvalue weighted by Gasteiger charge is -2.06. The van der Waals surface area contributed by atoms with Crippen LogP contribution in [0.15, 0.2) is 28.7 Å². The van der Waals surface area contributed by atoms with Crippen LogP contribution in [0.25, 0.3) is 0 Å². The summed E-state index contributed by atoms with van der Waals surface area (Å²) in [6, 6.07) is 7.62. The number of nitrogens with zero attached hydrogens (tertiary/aromatic N) is 2. The molecule has 6 heteroatoms. The summed E-state index contributed by atoms with van der Waals surface area (Å²) in [7, 11) is 1.75. The second-order valence-corrected chi connectivity index (χ2v) is 5.24. The molecular weight excluding hydrogens is 308 g/mol. The molecule has 0 bridgehead atoms. The number of aromatic nitrogens is 2. The molecular formula is C13H15BrN4O. The highest BCUT2D eigenvalue weighted by Crippen LogP contribution is 2.21. The molecule has 3 N–H and O–H groups in total. The average molecular weight is 323 g/mol. The van der Waals surface area contributed by atoms with E-state index < -0.39 is 0 Å². The van der Waals surface area contributed by atoms with Crippen molar-refractivity contribution in [3.63, 3.8) is 0 Å². The topological polar surface area (TPSA) is 72.9 Å². The third-order valence-electron chi connectivity index (χ3n) is 2.80. The number of carbonyl (C=O) groups is 1. The normalized spacial score (nSPS) is 10.5. The number of anilines is 2. The van der Waals surface area contributed by atoms with Crippen molar-refractivity contribution < 1.29 is 4.79 Å². The molecule has 1 aromatic carbocycles. The Morgan fingerprint density at radius 1 is 1.42 bits per heavy atom. The van der Waals surface area contributed by atoms with Gasteiger partial charge in [0, 0.05) is 11.5 Å². The van der Waals surface area contributed by atoms with Crippen LogP contribution in [0.2, 0.25) is 0 Å². The van der Waals surface area contributed by atoms with Crippen LogP contribution in [0.5, 0.6) is 0 Å². The largest absolute Gasteiger partial charge is 0.394 e. The van der Waals surface area contributed by atoms with Gasteiger partial charge in [0.25, 0.3) is 0 Å². The third-order valence-corrected chi connectivity index (χ3v) is 3.33. The molecule has 0 unspecified atom stereocenters. The van der Waals surface area contributed by atoms with Crippen molar-refractivity contribution in [1.82, 2.24) is 9.78 Å². The molecule has 0 aliphatic heterocycles. The van der Waals surface area contributed by atoms with Crippen molar-refractivity contribution in [2.45, 2.75) is 13.3 Å². The Labute approximate surface area is 119 Å². The fraction of sp³-hybridized carbons (Fsp3) is 0.231. The Morgan fingerprint density at radius 3 is 2.58 bits per heavy atom. The lowest BCUT2D eigenvalue weighted by Crippen LogP contribution is -2.17. The number of halogens is 1. The van der Waals surface area contributed by atoms with Gasteiger partial charge in [-0.2, -0.15) is 5.10 Å². The first kappa shape index (κ1) is 13.6. The SMILES string of the molecule is Cc1nn(C)c(NC(=O)Cc2ccc(Br)cc2)c1N. The van der Waals surface area contributed by atoms with E-state index in [9.17, 15) is 4.79 Å². The van der Waals surface area contributed by atoms with E-state index in [0.29, 0.717) is 23.6 Å². The zero-order valence-corrected chi connectivity index (χ0v) is 12.4. The van der Waals surface area contributed by atoms with Gasteiger partial charge in [-0.25, -0.2) is 0 Å². The molecule has 0 aliphatic rings. The van der Waals surface area contributed by atoms with E-state index in [1.165, 1.54) is 0 Å². The molecule has 1 aromatic heterocycles. The predicted octanol–water partition coefficient (Wildman–Crippen LogP) is 2.25. The standard InChI is InChI=1S/C13H15BrN4O/c1-8-12(15)13(18(2)17-8)16-11(19)7-9-3-5-10(14)6-4-9/h3-6H,7,15H2,1-2H3,(H,16,19). The Balaban J connectivity index is 2.07. The van der Waals surface area contributed by atoms with Crippen molar-refractivity contribution in [3.8, 4) is 0 Å². The van der Waals surface area contributed by atoms with E-state index >= 15 is 0 Å². The third kappa shape index (κ3) is 3.14. The van der Waals surface area contributed by atoms with E-state index in [-0.39, 0.29) is 5.91 Å². The molecule has 5 nitrogen and oxygen atoms in total. The number of hydrogen-bond acceptors (Lipinski definition) is 3. The Hall–Kier alpha value is -1.82. The monoisotopic (exact) mass is 322 g/mol. The number of amides is 1. The van der Waals surface area contributed by atoms with Crippen molar-refractivity contribution in [2.75, 3.05) is 11.1 Å². The van der Waals surface area contributed by atoms with Crippen molar-refractivity contribution in [3.05, 3.63) is 40.0 Å². The molecule has 1 heterocycles. The van der Waals surface area contributed by atoms with Gasteiger partial charge in [-0.1, -0.05) is 28.1 Å². The molecule has 0 spiro atoms. The summed E-state index contributed by atoms with van der Waals surface area (Å²) < 4.78 is 2.56. The molecule has 0 aliphatic carbocycles. The smallest absolute Gasteiger partial charge is 0.229 e. The van der Waals surface area contributed by atoms with Gasteiger partial charge in [0.2, 0.25) is 5.91 Å². The highest BCUT2D eigenvalue weighted by molar-refractivity contribution is 9.10. The maximum Gasteiger partial charge on any atom is 0.229 e. The van der Waals surface area contributed by atoms with Gasteiger partial charge >= 0.3 is 0 Å². The first-order valence-electron chi connectivity index (χ1n) is 5.80. The molecule has 0 saturated heterocycles. The van der Waals surface area contributed by atoms with Gasteiger partial charge in [0.15, 0.2) is 5.82 Å². The highest BCUT2D eigenvalue weighted by Gasteiger charge is 2.13. The summed E-state index contributed by atoms with van der Waals surface area (Å²) in [4.78, 5) is 12.0. The molecule has 1 amide bonds. The molecule has 0 saturated carbocycles. The molecule has 0 fully saturated rings. The van der Waals surface area contributed by atoms with Crippen LogP contribution >= 0.6 is 15.9 Å². The lowest BCUT2D eigenvalue weighted by atomic mass is 10.1. The van der Waals surface area contributed by atoms with Gasteiger partial charge in [0.1, 0.15) is 0 Å². The molecule has 19 heavy (non-hydrogen) atoms. The zero-order chi connectivity index (χ0) is 14.0. The minimum atomic E-state index is -0.114. The van der Waals surface area contributed by atoms with Crippen LogP contribution in [-0.2, 0) is 18.3 Å². The average Bonchev–Trinajstić information content (AvgIpc) is 2.59. The van der Waals surface area contributed by atoms with Crippen molar-refractivity contribution in [1.29, 1.82) is 0 Å². The number of rotatable bonds is 3. The minimum absolute atomic E-state index is 0.114. The van der Waals surface area contributed by atoms with Crippen LogP contribution in [0.1, 0.15) is 11.3 Å². The van der Waals surface area contributed by atoms with E-state index in [2.05, 4.69) is 26.3 Å². The predicted molar refractivity (Wildman–Crippen MR) is 78.8 cm³/mol. The molecule has 100 valence electrons. The second kappa shape index (κ2) is 5.44. The van der Waals surface area contributed by atoms with Gasteiger partial charge in [-0.15, -0.1) is 0 Å².